The third-order valence-electron chi connectivity index (χ3n) is 3.19. The molecule has 2 rings (SSSR count). The number of amides is 1. The maximum absolute atomic E-state index is 12.4. The Bertz CT molecular complexity index is 736. The van der Waals surface area contributed by atoms with E-state index < -0.39 is 0 Å². The van der Waals surface area contributed by atoms with Crippen LogP contribution in [0.4, 0.5) is 0 Å². The molecule has 0 aromatic carbocycles. The van der Waals surface area contributed by atoms with Crippen LogP contribution in [-0.4, -0.2) is 27.3 Å². The van der Waals surface area contributed by atoms with Crippen LogP contribution in [0.3, 0.4) is 0 Å². The summed E-state index contributed by atoms with van der Waals surface area (Å²) in [4.78, 5) is 28.8. The Morgan fingerprint density at radius 3 is 3.09 bits per heavy atom. The van der Waals surface area contributed by atoms with E-state index in [0.29, 0.717) is 21.9 Å². The molecule has 7 heteroatoms. The zero-order chi connectivity index (χ0) is 16.1. The minimum Gasteiger partial charge on any atom is -0.353 e. The lowest BCUT2D eigenvalue weighted by molar-refractivity contribution is -0.119. The van der Waals surface area contributed by atoms with Gasteiger partial charge in [-0.25, -0.2) is 4.98 Å². The van der Waals surface area contributed by atoms with Crippen LogP contribution >= 0.6 is 23.1 Å². The van der Waals surface area contributed by atoms with Crippen LogP contribution in [0.15, 0.2) is 34.1 Å². The van der Waals surface area contributed by atoms with E-state index in [2.05, 4.69) is 16.9 Å². The Hall–Kier alpha value is -1.60. The summed E-state index contributed by atoms with van der Waals surface area (Å²) in [5.41, 5.74) is 0.602. The monoisotopic (exact) mass is 337 g/mol. The van der Waals surface area contributed by atoms with Crippen LogP contribution in [0, 0.1) is 0 Å². The zero-order valence-corrected chi connectivity index (χ0v) is 14.3. The number of nitrogens with one attached hydrogen (secondary N) is 1. The van der Waals surface area contributed by atoms with Gasteiger partial charge in [0.1, 0.15) is 4.70 Å². The lowest BCUT2D eigenvalue weighted by atomic mass is 10.3. The van der Waals surface area contributed by atoms with Gasteiger partial charge in [0.2, 0.25) is 5.91 Å². The van der Waals surface area contributed by atoms with Gasteiger partial charge in [0.15, 0.2) is 5.16 Å². The fraction of sp³-hybridized carbons (Fsp3) is 0.400. The van der Waals surface area contributed by atoms with E-state index in [1.165, 1.54) is 23.1 Å². The molecule has 1 amide bonds. The molecule has 118 valence electrons. The maximum Gasteiger partial charge on any atom is 0.272 e. The summed E-state index contributed by atoms with van der Waals surface area (Å²) in [6, 6.07) is 1.97. The number of thioether (sulfide) groups is 1. The van der Waals surface area contributed by atoms with Crippen LogP contribution in [0.5, 0.6) is 0 Å². The molecule has 0 saturated heterocycles. The molecular formula is C15H19N3O2S2. The molecule has 2 aromatic heterocycles. The molecule has 0 spiro atoms. The second-order valence-electron chi connectivity index (χ2n) is 4.90. The lowest BCUT2D eigenvalue weighted by Crippen LogP contribution is -2.33. The summed E-state index contributed by atoms with van der Waals surface area (Å²) < 4.78 is 2.20. The number of aromatic nitrogens is 2. The number of hydrogen-bond donors (Lipinski definition) is 1. The highest BCUT2D eigenvalue weighted by atomic mass is 32.2. The smallest absolute Gasteiger partial charge is 0.272 e. The van der Waals surface area contributed by atoms with Crippen molar-refractivity contribution in [3.8, 4) is 0 Å². The molecule has 5 nitrogen and oxygen atoms in total. The van der Waals surface area contributed by atoms with E-state index in [4.69, 9.17) is 0 Å². The number of carbonyl (C=O) groups is 1. The highest BCUT2D eigenvalue weighted by molar-refractivity contribution is 7.99. The largest absolute Gasteiger partial charge is 0.353 e. The molecular weight excluding hydrogens is 318 g/mol. The van der Waals surface area contributed by atoms with Crippen molar-refractivity contribution in [3.63, 3.8) is 0 Å². The molecule has 1 atom stereocenters. The first-order chi connectivity index (χ1) is 10.6. The minimum atomic E-state index is -0.0789. The third kappa shape index (κ3) is 3.78. The quantitative estimate of drug-likeness (QED) is 0.479. The predicted octanol–water partition coefficient (Wildman–Crippen LogP) is 2.65. The normalized spacial score (nSPS) is 12.3. The molecule has 0 saturated carbocycles. The Morgan fingerprint density at radius 1 is 1.64 bits per heavy atom. The van der Waals surface area contributed by atoms with Crippen molar-refractivity contribution < 1.29 is 4.79 Å². The molecule has 1 N–H and O–H groups in total. The molecule has 2 heterocycles. The highest BCUT2D eigenvalue weighted by Gasteiger charge is 2.14. The van der Waals surface area contributed by atoms with Gasteiger partial charge in [-0.3, -0.25) is 14.2 Å². The Labute approximate surface area is 137 Å². The summed E-state index contributed by atoms with van der Waals surface area (Å²) in [5.74, 6) is 0.188. The first-order valence-corrected chi connectivity index (χ1v) is 8.94. The molecule has 0 radical (unpaired) electrons. The SMILES string of the molecule is C=CCn1c(SCC(=O)NC(C)CC)nc2ccsc2c1=O. The van der Waals surface area contributed by atoms with Crippen LogP contribution < -0.4 is 10.9 Å². The molecule has 0 aliphatic rings. The lowest BCUT2D eigenvalue weighted by Gasteiger charge is -2.12. The molecule has 0 aliphatic heterocycles. The number of thiophene rings is 1. The van der Waals surface area contributed by atoms with E-state index in [0.717, 1.165) is 6.42 Å². The Kier molecular flexibility index (Phi) is 5.79. The molecule has 2 aromatic rings. The van der Waals surface area contributed by atoms with Crippen molar-refractivity contribution in [1.82, 2.24) is 14.9 Å². The molecule has 0 aliphatic carbocycles. The van der Waals surface area contributed by atoms with Gasteiger partial charge in [-0.2, -0.15) is 0 Å². The first-order valence-electron chi connectivity index (χ1n) is 7.07. The van der Waals surface area contributed by atoms with Gasteiger partial charge in [-0.05, 0) is 24.8 Å². The summed E-state index contributed by atoms with van der Waals surface area (Å²) >= 11 is 2.66. The minimum absolute atomic E-state index is 0.0517. The van der Waals surface area contributed by atoms with Crippen molar-refractivity contribution in [2.75, 3.05) is 5.75 Å². The summed E-state index contributed by atoms with van der Waals surface area (Å²) in [5, 5.41) is 5.30. The maximum atomic E-state index is 12.4. The fourth-order valence-corrected chi connectivity index (χ4v) is 3.47. The van der Waals surface area contributed by atoms with Crippen molar-refractivity contribution in [2.24, 2.45) is 0 Å². The van der Waals surface area contributed by atoms with E-state index in [9.17, 15) is 9.59 Å². The number of allylic oxidation sites excluding steroid dienone is 1. The summed E-state index contributed by atoms with van der Waals surface area (Å²) in [7, 11) is 0. The number of rotatable bonds is 7. The predicted molar refractivity (Wildman–Crippen MR) is 92.7 cm³/mol. The Morgan fingerprint density at radius 2 is 2.41 bits per heavy atom. The second-order valence-corrected chi connectivity index (χ2v) is 6.76. The van der Waals surface area contributed by atoms with E-state index in [1.54, 1.807) is 10.6 Å². The standard InChI is InChI=1S/C15H19N3O2S2/c1-4-7-18-14(20)13-11(6-8-21-13)17-15(18)22-9-12(19)16-10(3)5-2/h4,6,8,10H,1,5,7,9H2,2-3H3,(H,16,19). The number of nitrogens with zero attached hydrogens (tertiary/aromatic N) is 2. The average Bonchev–Trinajstić information content (AvgIpc) is 2.97. The van der Waals surface area contributed by atoms with Gasteiger partial charge in [-0.1, -0.05) is 24.8 Å². The van der Waals surface area contributed by atoms with Crippen molar-refractivity contribution in [2.45, 2.75) is 38.0 Å². The van der Waals surface area contributed by atoms with E-state index in [-0.39, 0.29) is 23.3 Å². The van der Waals surface area contributed by atoms with Crippen LogP contribution in [-0.2, 0) is 11.3 Å². The van der Waals surface area contributed by atoms with Crippen molar-refractivity contribution in [3.05, 3.63) is 34.5 Å². The van der Waals surface area contributed by atoms with Gasteiger partial charge >= 0.3 is 0 Å². The molecule has 0 fully saturated rings. The third-order valence-corrected chi connectivity index (χ3v) is 5.06. The molecule has 22 heavy (non-hydrogen) atoms. The van der Waals surface area contributed by atoms with Gasteiger partial charge in [0.05, 0.1) is 11.3 Å². The highest BCUT2D eigenvalue weighted by Crippen LogP contribution is 2.20. The summed E-state index contributed by atoms with van der Waals surface area (Å²) in [6.45, 7) is 8.05. The van der Waals surface area contributed by atoms with E-state index in [1.807, 2.05) is 25.3 Å². The zero-order valence-electron chi connectivity index (χ0n) is 12.7. The van der Waals surface area contributed by atoms with E-state index >= 15 is 0 Å². The molecule has 1 unspecified atom stereocenters. The second kappa shape index (κ2) is 7.60. The topological polar surface area (TPSA) is 64.0 Å². The van der Waals surface area contributed by atoms with Gasteiger partial charge < -0.3 is 5.32 Å². The molecule has 0 bridgehead atoms. The Balaban J connectivity index is 2.22. The average molecular weight is 337 g/mol. The van der Waals surface area contributed by atoms with Gasteiger partial charge in [0, 0.05) is 12.6 Å². The fourth-order valence-electron chi connectivity index (χ4n) is 1.87. The number of carbonyl (C=O) groups excluding carboxylic acids is 1. The van der Waals surface area contributed by atoms with Gasteiger partial charge in [0.25, 0.3) is 5.56 Å². The van der Waals surface area contributed by atoms with Crippen molar-refractivity contribution >= 4 is 39.2 Å². The number of hydrogen-bond acceptors (Lipinski definition) is 5. The van der Waals surface area contributed by atoms with Crippen LogP contribution in [0.1, 0.15) is 20.3 Å². The van der Waals surface area contributed by atoms with Crippen LogP contribution in [0.2, 0.25) is 0 Å². The summed E-state index contributed by atoms with van der Waals surface area (Å²) in [6.07, 6.45) is 2.54. The van der Waals surface area contributed by atoms with Crippen LogP contribution in [0.25, 0.3) is 10.2 Å². The number of fused-ring (bicyclic) bond motifs is 1. The van der Waals surface area contributed by atoms with Crippen molar-refractivity contribution in [1.29, 1.82) is 0 Å². The first kappa shape index (κ1) is 16.8. The van der Waals surface area contributed by atoms with Gasteiger partial charge in [-0.15, -0.1) is 17.9 Å².